The highest BCUT2D eigenvalue weighted by Crippen LogP contribution is 2.41. The average Bonchev–Trinajstić information content (AvgIpc) is 2.75. The molecule has 0 atom stereocenters. The molecule has 2 aromatic rings. The largest absolute Gasteiger partial charge is 0.322 e. The van der Waals surface area contributed by atoms with Gasteiger partial charge in [0.2, 0.25) is 5.91 Å². The zero-order valence-electron chi connectivity index (χ0n) is 13.9. The molecule has 1 heterocycles. The molecule has 1 N–H and O–H groups in total. The number of benzene rings is 2. The first kappa shape index (κ1) is 16.2. The zero-order chi connectivity index (χ0) is 17.5. The second-order valence-corrected chi connectivity index (χ2v) is 6.37. The van der Waals surface area contributed by atoms with E-state index < -0.39 is 5.41 Å². The van der Waals surface area contributed by atoms with E-state index in [1.165, 1.54) is 24.3 Å². The number of rotatable bonds is 3. The molecule has 2 aromatic carbocycles. The van der Waals surface area contributed by atoms with Gasteiger partial charge in [0.05, 0.1) is 5.41 Å². The topological polar surface area (TPSA) is 49.4 Å². The Morgan fingerprint density at radius 1 is 1.17 bits per heavy atom. The smallest absolute Gasteiger partial charge is 0.255 e. The van der Waals surface area contributed by atoms with Gasteiger partial charge < -0.3 is 10.2 Å². The average molecular weight is 326 g/mol. The van der Waals surface area contributed by atoms with Crippen molar-refractivity contribution >= 4 is 23.2 Å². The second kappa shape index (κ2) is 5.74. The van der Waals surface area contributed by atoms with Crippen LogP contribution in [0.4, 0.5) is 15.8 Å². The van der Waals surface area contributed by atoms with Gasteiger partial charge in [-0.25, -0.2) is 4.39 Å². The molecule has 0 spiro atoms. The molecule has 0 radical (unpaired) electrons. The normalized spacial score (nSPS) is 15.3. The molecule has 0 aromatic heterocycles. The lowest BCUT2D eigenvalue weighted by Crippen LogP contribution is -2.35. The lowest BCUT2D eigenvalue weighted by atomic mass is 9.86. The number of nitrogens with zero attached hydrogens (tertiary/aromatic N) is 1. The number of amides is 2. The van der Waals surface area contributed by atoms with E-state index in [-0.39, 0.29) is 17.6 Å². The van der Waals surface area contributed by atoms with Gasteiger partial charge in [0.25, 0.3) is 5.91 Å². The molecule has 1 aliphatic rings. The molecule has 0 fully saturated rings. The van der Waals surface area contributed by atoms with Crippen LogP contribution >= 0.6 is 0 Å². The highest BCUT2D eigenvalue weighted by atomic mass is 19.1. The van der Waals surface area contributed by atoms with Gasteiger partial charge in [-0.1, -0.05) is 6.07 Å². The maximum absolute atomic E-state index is 12.9. The molecule has 0 saturated heterocycles. The Bertz CT molecular complexity index is 813. The van der Waals surface area contributed by atoms with Crippen molar-refractivity contribution in [2.75, 3.05) is 16.8 Å². The van der Waals surface area contributed by atoms with Crippen molar-refractivity contribution in [2.24, 2.45) is 0 Å². The van der Waals surface area contributed by atoms with Gasteiger partial charge in [-0.05, 0) is 62.7 Å². The fourth-order valence-electron chi connectivity index (χ4n) is 3.04. The summed E-state index contributed by atoms with van der Waals surface area (Å²) in [5.74, 6) is -0.612. The van der Waals surface area contributed by atoms with Crippen LogP contribution in [0.3, 0.4) is 0 Å². The highest BCUT2D eigenvalue weighted by Gasteiger charge is 2.43. The Kier molecular flexibility index (Phi) is 3.87. The van der Waals surface area contributed by atoms with E-state index in [9.17, 15) is 14.0 Å². The zero-order valence-corrected chi connectivity index (χ0v) is 13.9. The van der Waals surface area contributed by atoms with Gasteiger partial charge in [-0.2, -0.15) is 0 Å². The minimum Gasteiger partial charge on any atom is -0.322 e. The summed E-state index contributed by atoms with van der Waals surface area (Å²) in [5, 5.41) is 2.73. The summed E-state index contributed by atoms with van der Waals surface area (Å²) in [6.07, 6.45) is 0. The van der Waals surface area contributed by atoms with Gasteiger partial charge >= 0.3 is 0 Å². The van der Waals surface area contributed by atoms with E-state index >= 15 is 0 Å². The van der Waals surface area contributed by atoms with E-state index in [0.29, 0.717) is 17.8 Å². The number of carbonyl (C=O) groups is 2. The molecule has 0 unspecified atom stereocenters. The van der Waals surface area contributed by atoms with Crippen LogP contribution in [0.25, 0.3) is 0 Å². The molecule has 1 aliphatic heterocycles. The van der Waals surface area contributed by atoms with Gasteiger partial charge in [-0.15, -0.1) is 0 Å². The number of halogens is 1. The third kappa shape index (κ3) is 2.56. The van der Waals surface area contributed by atoms with Crippen molar-refractivity contribution in [3.8, 4) is 0 Å². The summed E-state index contributed by atoms with van der Waals surface area (Å²) in [6, 6.07) is 10.9. The Balaban J connectivity index is 1.91. The summed E-state index contributed by atoms with van der Waals surface area (Å²) >= 11 is 0. The molecular formula is C19H19FN2O2. The van der Waals surface area contributed by atoms with Crippen LogP contribution in [0.1, 0.15) is 36.7 Å². The summed E-state index contributed by atoms with van der Waals surface area (Å²) in [5.41, 5.74) is 2.09. The van der Waals surface area contributed by atoms with Gasteiger partial charge in [-0.3, -0.25) is 9.59 Å². The van der Waals surface area contributed by atoms with E-state index in [0.717, 1.165) is 11.3 Å². The van der Waals surface area contributed by atoms with E-state index in [1.807, 2.05) is 26.8 Å². The molecule has 24 heavy (non-hydrogen) atoms. The maximum Gasteiger partial charge on any atom is 0.255 e. The molecule has 3 rings (SSSR count). The molecule has 0 aliphatic carbocycles. The quantitative estimate of drug-likeness (QED) is 0.934. The van der Waals surface area contributed by atoms with Crippen LogP contribution in [0.15, 0.2) is 42.5 Å². The molecule has 4 nitrogen and oxygen atoms in total. The minimum absolute atomic E-state index is 0.0380. The van der Waals surface area contributed by atoms with Crippen LogP contribution in [0.5, 0.6) is 0 Å². The van der Waals surface area contributed by atoms with Crippen molar-refractivity contribution in [3.05, 3.63) is 59.4 Å². The standard InChI is InChI=1S/C19H19FN2O2/c1-4-22-16-11-12(5-10-15(16)19(2,3)18(22)24)17(23)21-14-8-6-13(20)7-9-14/h5-11H,4H2,1-3H3,(H,21,23). The Morgan fingerprint density at radius 3 is 2.46 bits per heavy atom. The minimum atomic E-state index is -0.586. The van der Waals surface area contributed by atoms with Crippen LogP contribution in [0, 0.1) is 5.82 Å². The fraction of sp³-hybridized carbons (Fsp3) is 0.263. The van der Waals surface area contributed by atoms with Crippen molar-refractivity contribution < 1.29 is 14.0 Å². The number of fused-ring (bicyclic) bond motifs is 1. The monoisotopic (exact) mass is 326 g/mol. The number of hydrogen-bond acceptors (Lipinski definition) is 2. The molecular weight excluding hydrogens is 307 g/mol. The number of likely N-dealkylation sites (N-methyl/N-ethyl adjacent to an activating group) is 1. The van der Waals surface area contributed by atoms with Crippen LogP contribution in [-0.2, 0) is 10.2 Å². The van der Waals surface area contributed by atoms with Gasteiger partial charge in [0.15, 0.2) is 0 Å². The summed E-state index contributed by atoms with van der Waals surface area (Å²) in [4.78, 5) is 26.6. The van der Waals surface area contributed by atoms with Crippen molar-refractivity contribution in [1.82, 2.24) is 0 Å². The first-order valence-corrected chi connectivity index (χ1v) is 7.88. The first-order chi connectivity index (χ1) is 11.3. The molecule has 2 amide bonds. The number of nitrogens with one attached hydrogen (secondary N) is 1. The number of anilines is 2. The van der Waals surface area contributed by atoms with Crippen molar-refractivity contribution in [1.29, 1.82) is 0 Å². The number of hydrogen-bond donors (Lipinski definition) is 1. The predicted molar refractivity (Wildman–Crippen MR) is 91.8 cm³/mol. The Hall–Kier alpha value is -2.69. The Labute approximate surface area is 140 Å². The lowest BCUT2D eigenvalue weighted by molar-refractivity contribution is -0.122. The van der Waals surface area contributed by atoms with Crippen LogP contribution in [0.2, 0.25) is 0 Å². The third-order valence-electron chi connectivity index (χ3n) is 4.42. The van der Waals surface area contributed by atoms with Gasteiger partial charge in [0, 0.05) is 23.5 Å². The second-order valence-electron chi connectivity index (χ2n) is 6.37. The summed E-state index contributed by atoms with van der Waals surface area (Å²) in [6.45, 7) is 6.25. The molecule has 124 valence electrons. The third-order valence-corrected chi connectivity index (χ3v) is 4.42. The van der Waals surface area contributed by atoms with Crippen LogP contribution in [-0.4, -0.2) is 18.4 Å². The van der Waals surface area contributed by atoms with Gasteiger partial charge in [0.1, 0.15) is 5.82 Å². The molecule has 5 heteroatoms. The van der Waals surface area contributed by atoms with Crippen molar-refractivity contribution in [3.63, 3.8) is 0 Å². The van der Waals surface area contributed by atoms with Crippen molar-refractivity contribution in [2.45, 2.75) is 26.2 Å². The van der Waals surface area contributed by atoms with E-state index in [1.54, 1.807) is 17.0 Å². The number of carbonyl (C=O) groups excluding carboxylic acids is 2. The SMILES string of the molecule is CCN1C(=O)C(C)(C)c2ccc(C(=O)Nc3ccc(F)cc3)cc21. The maximum atomic E-state index is 12.9. The Morgan fingerprint density at radius 2 is 1.83 bits per heavy atom. The van der Waals surface area contributed by atoms with E-state index in [4.69, 9.17) is 0 Å². The molecule has 0 saturated carbocycles. The fourth-order valence-corrected chi connectivity index (χ4v) is 3.04. The lowest BCUT2D eigenvalue weighted by Gasteiger charge is -2.18. The highest BCUT2D eigenvalue weighted by molar-refractivity contribution is 6.10. The first-order valence-electron chi connectivity index (χ1n) is 7.88. The summed E-state index contributed by atoms with van der Waals surface area (Å²) in [7, 11) is 0. The molecule has 0 bridgehead atoms. The van der Waals surface area contributed by atoms with E-state index in [2.05, 4.69) is 5.32 Å². The van der Waals surface area contributed by atoms with Crippen LogP contribution < -0.4 is 10.2 Å². The summed E-state index contributed by atoms with van der Waals surface area (Å²) < 4.78 is 12.9. The predicted octanol–water partition coefficient (Wildman–Crippen LogP) is 3.72.